The van der Waals surface area contributed by atoms with Gasteiger partial charge in [-0.3, -0.25) is 0 Å². The van der Waals surface area contributed by atoms with Gasteiger partial charge in [0.25, 0.3) is 0 Å². The summed E-state index contributed by atoms with van der Waals surface area (Å²) < 4.78 is 0. The maximum Gasteiger partial charge on any atom is 0.124 e. The predicted octanol–water partition coefficient (Wildman–Crippen LogP) is 0.244. The normalized spacial score (nSPS) is 13.1. The van der Waals surface area contributed by atoms with Crippen molar-refractivity contribution < 1.29 is 0 Å². The van der Waals surface area contributed by atoms with Crippen molar-refractivity contribution in [3.8, 4) is 0 Å². The molecule has 0 aromatic rings. The molecule has 0 fully saturated rings. The second-order valence-electron chi connectivity index (χ2n) is 1.89. The first-order valence-electron chi connectivity index (χ1n) is 3.36. The fraction of sp³-hybridized carbons (Fsp3) is 0.286. The Morgan fingerprint density at radius 3 is 2.82 bits per heavy atom. The van der Waals surface area contributed by atoms with Crippen molar-refractivity contribution in [1.29, 1.82) is 0 Å². The minimum Gasteiger partial charge on any atom is -0.385 e. The Bertz CT molecular complexity index is 169. The quantitative estimate of drug-likeness (QED) is 0.178. The van der Waals surface area contributed by atoms with E-state index in [0.29, 0.717) is 12.3 Å². The number of nitrogens with one attached hydrogen (secondary N) is 1. The highest BCUT2D eigenvalue weighted by Gasteiger charge is 1.83. The first kappa shape index (κ1) is 9.71. The fourth-order valence-electron chi connectivity index (χ4n) is 0.507. The van der Waals surface area contributed by atoms with Crippen molar-refractivity contribution in [2.75, 3.05) is 0 Å². The molecule has 0 aliphatic heterocycles. The Kier molecular flexibility index (Phi) is 6.02. The van der Waals surface area contributed by atoms with Gasteiger partial charge in [0, 0.05) is 6.42 Å². The van der Waals surface area contributed by atoms with Crippen molar-refractivity contribution in [3.63, 3.8) is 0 Å². The van der Waals surface area contributed by atoms with Crippen LogP contribution in [0.1, 0.15) is 13.3 Å². The molecule has 4 heteroatoms. The van der Waals surface area contributed by atoms with Crippen LogP contribution in [0.3, 0.4) is 0 Å². The third-order valence-corrected chi connectivity index (χ3v) is 0.975. The highest BCUT2D eigenvalue weighted by atomic mass is 15.5. The number of hydrazine groups is 1. The lowest BCUT2D eigenvalue weighted by Gasteiger charge is -1.92. The number of allylic oxidation sites excluding steroid dienone is 3. The summed E-state index contributed by atoms with van der Waals surface area (Å²) in [6.45, 7) is 1.95. The van der Waals surface area contributed by atoms with Gasteiger partial charge in [0.05, 0.1) is 0 Å². The highest BCUT2D eigenvalue weighted by Crippen LogP contribution is 1.83. The minimum atomic E-state index is 0.466. The van der Waals surface area contributed by atoms with Crippen LogP contribution < -0.4 is 17.1 Å². The van der Waals surface area contributed by atoms with Gasteiger partial charge in [-0.05, 0) is 6.92 Å². The van der Waals surface area contributed by atoms with Crippen LogP contribution in [0.4, 0.5) is 0 Å². The molecule has 0 unspecified atom stereocenters. The standard InChI is InChI=1S/C7H14N4/c1-2-3-4-5-6-7(8)10-11-9/h2-5,11H,6,9H2,1H3,(H2,8,10)/b3-2-,5-4-. The van der Waals surface area contributed by atoms with Gasteiger partial charge < -0.3 is 5.73 Å². The number of hydrogen-bond acceptors (Lipinski definition) is 3. The van der Waals surface area contributed by atoms with Crippen LogP contribution in [-0.4, -0.2) is 5.84 Å². The molecule has 0 aromatic carbocycles. The van der Waals surface area contributed by atoms with Crippen LogP contribution in [0.5, 0.6) is 0 Å². The molecule has 0 aromatic heterocycles. The van der Waals surface area contributed by atoms with Crippen LogP contribution >= 0.6 is 0 Å². The smallest absolute Gasteiger partial charge is 0.124 e. The van der Waals surface area contributed by atoms with Crippen molar-refractivity contribution in [2.45, 2.75) is 13.3 Å². The first-order valence-corrected chi connectivity index (χ1v) is 3.36. The summed E-state index contributed by atoms with van der Waals surface area (Å²) in [6.07, 6.45) is 8.26. The lowest BCUT2D eigenvalue weighted by Crippen LogP contribution is -2.21. The molecule has 0 rings (SSSR count). The Morgan fingerprint density at radius 1 is 1.55 bits per heavy atom. The van der Waals surface area contributed by atoms with E-state index in [-0.39, 0.29) is 0 Å². The zero-order valence-corrected chi connectivity index (χ0v) is 6.62. The van der Waals surface area contributed by atoms with E-state index in [1.54, 1.807) is 0 Å². The number of hydrogen-bond donors (Lipinski definition) is 3. The topological polar surface area (TPSA) is 76.4 Å². The molecule has 0 aliphatic carbocycles. The fourth-order valence-corrected chi connectivity index (χ4v) is 0.507. The Morgan fingerprint density at radius 2 is 2.27 bits per heavy atom. The largest absolute Gasteiger partial charge is 0.385 e. The minimum absolute atomic E-state index is 0.466. The second kappa shape index (κ2) is 6.82. The zero-order chi connectivity index (χ0) is 8.53. The third-order valence-electron chi connectivity index (χ3n) is 0.975. The van der Waals surface area contributed by atoms with Gasteiger partial charge in [-0.1, -0.05) is 24.3 Å². The lowest BCUT2D eigenvalue weighted by atomic mass is 10.3. The number of nitrogens with two attached hydrogens (primary N) is 2. The molecule has 0 bridgehead atoms. The SMILES string of the molecule is C/C=C\C=C/C/C(N)=N/NN. The molecule has 0 aliphatic rings. The van der Waals surface area contributed by atoms with Gasteiger partial charge in [-0.2, -0.15) is 5.10 Å². The highest BCUT2D eigenvalue weighted by molar-refractivity contribution is 5.81. The van der Waals surface area contributed by atoms with Gasteiger partial charge >= 0.3 is 0 Å². The van der Waals surface area contributed by atoms with E-state index < -0.39 is 0 Å². The van der Waals surface area contributed by atoms with Gasteiger partial charge in [-0.25, -0.2) is 11.4 Å². The van der Waals surface area contributed by atoms with Gasteiger partial charge in [-0.15, -0.1) is 0 Å². The van der Waals surface area contributed by atoms with Gasteiger partial charge in [0.15, 0.2) is 0 Å². The molecule has 0 heterocycles. The third kappa shape index (κ3) is 6.60. The summed E-state index contributed by atoms with van der Waals surface area (Å²) in [7, 11) is 0. The summed E-state index contributed by atoms with van der Waals surface area (Å²) in [5, 5.41) is 3.57. The molecule has 4 nitrogen and oxygen atoms in total. The van der Waals surface area contributed by atoms with E-state index in [9.17, 15) is 0 Å². The van der Waals surface area contributed by atoms with E-state index in [1.165, 1.54) is 0 Å². The predicted molar refractivity (Wildman–Crippen MR) is 47.5 cm³/mol. The van der Waals surface area contributed by atoms with Crippen LogP contribution in [0.2, 0.25) is 0 Å². The molecule has 11 heavy (non-hydrogen) atoms. The van der Waals surface area contributed by atoms with E-state index in [2.05, 4.69) is 10.6 Å². The number of nitrogens with zero attached hydrogens (tertiary/aromatic N) is 1. The summed E-state index contributed by atoms with van der Waals surface area (Å²) in [5.74, 6) is 5.37. The molecule has 5 N–H and O–H groups in total. The zero-order valence-electron chi connectivity index (χ0n) is 6.62. The second-order valence-corrected chi connectivity index (χ2v) is 1.89. The Labute approximate surface area is 66.6 Å². The molecule has 0 radical (unpaired) electrons. The van der Waals surface area contributed by atoms with Gasteiger partial charge in [0.2, 0.25) is 0 Å². The number of amidine groups is 1. The Hall–Kier alpha value is -1.29. The maximum absolute atomic E-state index is 5.40. The van der Waals surface area contributed by atoms with E-state index in [1.807, 2.05) is 31.2 Å². The van der Waals surface area contributed by atoms with Crippen molar-refractivity contribution >= 4 is 5.84 Å². The summed E-state index contributed by atoms with van der Waals surface area (Å²) in [6, 6.07) is 0. The number of hydrazone groups is 1. The summed E-state index contributed by atoms with van der Waals surface area (Å²) in [4.78, 5) is 0. The monoisotopic (exact) mass is 154 g/mol. The first-order chi connectivity index (χ1) is 5.31. The van der Waals surface area contributed by atoms with Crippen LogP contribution in [0.25, 0.3) is 0 Å². The van der Waals surface area contributed by atoms with E-state index >= 15 is 0 Å². The molecule has 0 saturated heterocycles. The van der Waals surface area contributed by atoms with Crippen LogP contribution in [-0.2, 0) is 0 Å². The number of rotatable bonds is 4. The maximum atomic E-state index is 5.40. The molecule has 0 atom stereocenters. The van der Waals surface area contributed by atoms with Crippen molar-refractivity contribution in [1.82, 2.24) is 5.53 Å². The molecule has 0 spiro atoms. The summed E-state index contributed by atoms with van der Waals surface area (Å²) in [5.41, 5.74) is 7.52. The van der Waals surface area contributed by atoms with Crippen molar-refractivity contribution in [3.05, 3.63) is 24.3 Å². The van der Waals surface area contributed by atoms with Gasteiger partial charge in [0.1, 0.15) is 5.84 Å². The molecule has 0 saturated carbocycles. The molecule has 62 valence electrons. The summed E-state index contributed by atoms with van der Waals surface area (Å²) >= 11 is 0. The molecular weight excluding hydrogens is 140 g/mol. The van der Waals surface area contributed by atoms with Crippen LogP contribution in [0.15, 0.2) is 29.4 Å². The van der Waals surface area contributed by atoms with Crippen LogP contribution in [0, 0.1) is 0 Å². The van der Waals surface area contributed by atoms with E-state index in [4.69, 9.17) is 11.6 Å². The van der Waals surface area contributed by atoms with E-state index in [0.717, 1.165) is 0 Å². The average Bonchev–Trinajstić information content (AvgIpc) is 1.99. The molecule has 0 amide bonds. The van der Waals surface area contributed by atoms with Crippen molar-refractivity contribution in [2.24, 2.45) is 16.7 Å². The Balaban J connectivity index is 3.60. The lowest BCUT2D eigenvalue weighted by molar-refractivity contribution is 0.799. The average molecular weight is 154 g/mol. The molecular formula is C7H14N4.